The summed E-state index contributed by atoms with van der Waals surface area (Å²) in [6.07, 6.45) is 6.04. The molecule has 0 fully saturated rings. The molecule has 0 aliphatic carbocycles. The normalized spacial score (nSPS) is 5.30. The number of rotatable bonds is 2. The van der Waals surface area contributed by atoms with Crippen molar-refractivity contribution in [2.24, 2.45) is 0 Å². The van der Waals surface area contributed by atoms with E-state index in [0.29, 0.717) is 0 Å². The fraction of sp³-hybridized carbons (Fsp3) is 0.200. The van der Waals surface area contributed by atoms with Gasteiger partial charge in [-0.05, 0) is 0 Å². The Bertz CT molecular complexity index is 67.9. The molecule has 0 unspecified atom stereocenters. The zero-order valence-electron chi connectivity index (χ0n) is 5.48. The first kappa shape index (κ1) is 29.6. The fourth-order valence-electron chi connectivity index (χ4n) is 0.161. The number of hydrogen-bond donors (Lipinski definition) is 0. The SMILES string of the molecule is C[CH-]C=C[CH]=[Sb].Cl.Cl.Cl.[Zr]. The minimum atomic E-state index is 0. The van der Waals surface area contributed by atoms with Crippen LogP contribution in [0.2, 0.25) is 0 Å². The van der Waals surface area contributed by atoms with E-state index in [1.54, 1.807) is 22.5 Å². The molecule has 5 heteroatoms. The third-order valence-electron chi connectivity index (χ3n) is 0.390. The van der Waals surface area contributed by atoms with Crippen molar-refractivity contribution in [3.05, 3.63) is 18.6 Å². The summed E-state index contributed by atoms with van der Waals surface area (Å²) in [6.45, 7) is 2.01. The molecule has 0 aromatic heterocycles. The first-order chi connectivity index (χ1) is 2.91. The Balaban J connectivity index is -0.0000000208. The van der Waals surface area contributed by atoms with E-state index in [4.69, 9.17) is 0 Å². The molecule has 0 atom stereocenters. The molecule has 0 aliphatic rings. The van der Waals surface area contributed by atoms with Crippen molar-refractivity contribution in [3.8, 4) is 0 Å². The van der Waals surface area contributed by atoms with Crippen molar-refractivity contribution in [2.75, 3.05) is 0 Å². The predicted molar refractivity (Wildman–Crippen MR) is 52.7 cm³/mol. The van der Waals surface area contributed by atoms with Gasteiger partial charge in [0.25, 0.3) is 0 Å². The van der Waals surface area contributed by atoms with Crippen LogP contribution in [0.1, 0.15) is 6.92 Å². The molecule has 0 bridgehead atoms. The van der Waals surface area contributed by atoms with Crippen LogP contribution in [-0.4, -0.2) is 26.5 Å². The molecule has 0 nitrogen and oxygen atoms in total. The van der Waals surface area contributed by atoms with Crippen LogP contribution in [0.4, 0.5) is 0 Å². The smallest absolute Gasteiger partial charge is 0 e. The van der Waals surface area contributed by atoms with Gasteiger partial charge >= 0.3 is 52.0 Å². The first-order valence-corrected chi connectivity index (χ1v) is 3.31. The second kappa shape index (κ2) is 30.5. The molecule has 0 saturated carbocycles. The molecule has 0 aromatic carbocycles. The van der Waals surface area contributed by atoms with Crippen LogP contribution in [0.15, 0.2) is 12.2 Å². The molecular weight excluding hydrogens is 379 g/mol. The van der Waals surface area contributed by atoms with Gasteiger partial charge in [-0.1, -0.05) is 0 Å². The molecule has 0 aliphatic heterocycles. The van der Waals surface area contributed by atoms with E-state index in [9.17, 15) is 0 Å². The summed E-state index contributed by atoms with van der Waals surface area (Å²) in [5.41, 5.74) is 0. The first-order valence-electron chi connectivity index (χ1n) is 1.84. The van der Waals surface area contributed by atoms with Gasteiger partial charge < -0.3 is 0 Å². The van der Waals surface area contributed by atoms with Gasteiger partial charge in [0.05, 0.1) is 0 Å². The van der Waals surface area contributed by atoms with Crippen molar-refractivity contribution in [1.29, 1.82) is 0 Å². The summed E-state index contributed by atoms with van der Waals surface area (Å²) >= 11 is 1.70. The Labute approximate surface area is 114 Å². The summed E-state index contributed by atoms with van der Waals surface area (Å²) in [6, 6.07) is 0. The van der Waals surface area contributed by atoms with E-state index < -0.39 is 0 Å². The van der Waals surface area contributed by atoms with Crippen LogP contribution in [-0.2, 0) is 26.2 Å². The molecule has 0 amide bonds. The van der Waals surface area contributed by atoms with E-state index in [0.717, 1.165) is 0 Å². The Hall–Kier alpha value is 2.05. The summed E-state index contributed by atoms with van der Waals surface area (Å²) in [5.74, 6) is 0. The third-order valence-corrected chi connectivity index (χ3v) is 0.881. The Kier molecular flexibility index (Phi) is 90.3. The molecule has 0 saturated heterocycles. The van der Waals surface area contributed by atoms with Crippen LogP contribution < -0.4 is 0 Å². The van der Waals surface area contributed by atoms with E-state index in [2.05, 4.69) is 3.95 Å². The number of halogens is 3. The third kappa shape index (κ3) is 32.3. The minimum Gasteiger partial charge on any atom is -0.147 e. The summed E-state index contributed by atoms with van der Waals surface area (Å²) in [7, 11) is 0. The van der Waals surface area contributed by atoms with Crippen LogP contribution in [0.25, 0.3) is 0 Å². The summed E-state index contributed by atoms with van der Waals surface area (Å²) in [5, 5.41) is 0. The van der Waals surface area contributed by atoms with Gasteiger partial charge in [0, 0.05) is 26.2 Å². The maximum atomic E-state index is 2.05. The van der Waals surface area contributed by atoms with Gasteiger partial charge in [-0.15, -0.1) is 37.2 Å². The van der Waals surface area contributed by atoms with Crippen LogP contribution >= 0.6 is 37.2 Å². The van der Waals surface area contributed by atoms with Crippen LogP contribution in [0, 0.1) is 6.42 Å². The Morgan fingerprint density at radius 2 is 1.60 bits per heavy atom. The summed E-state index contributed by atoms with van der Waals surface area (Å²) < 4.78 is 2.05. The molecule has 61 valence electrons. The zero-order chi connectivity index (χ0) is 4.83. The molecular formula is C5H10Cl3SbZr-. The molecule has 0 N–H and O–H groups in total. The van der Waals surface area contributed by atoms with Crippen molar-refractivity contribution < 1.29 is 26.2 Å². The quantitative estimate of drug-likeness (QED) is 0.501. The fourth-order valence-corrected chi connectivity index (χ4v) is 0.444. The average molecular weight is 389 g/mol. The molecule has 0 spiro atoms. The topological polar surface area (TPSA) is 0 Å². The van der Waals surface area contributed by atoms with Crippen molar-refractivity contribution in [3.63, 3.8) is 0 Å². The van der Waals surface area contributed by atoms with Crippen molar-refractivity contribution >= 4 is 63.7 Å². The maximum Gasteiger partial charge on any atom is 0 e. The van der Waals surface area contributed by atoms with Gasteiger partial charge in [0.15, 0.2) is 0 Å². The van der Waals surface area contributed by atoms with Gasteiger partial charge in [-0.25, -0.2) is 0 Å². The molecule has 10 heavy (non-hydrogen) atoms. The molecule has 0 rings (SSSR count). The van der Waals surface area contributed by atoms with Crippen LogP contribution in [0.5, 0.6) is 0 Å². The monoisotopic (exact) mass is 386 g/mol. The second-order valence-electron chi connectivity index (χ2n) is 0.867. The Morgan fingerprint density at radius 3 is 1.70 bits per heavy atom. The predicted octanol–water partition coefficient (Wildman–Crippen LogP) is 2.00. The molecule has 1 radical (unpaired) electrons. The largest absolute Gasteiger partial charge is 0.147 e. The molecule has 0 aromatic rings. The number of hydrogen-bond acceptors (Lipinski definition) is 0. The van der Waals surface area contributed by atoms with E-state index in [1.165, 1.54) is 0 Å². The van der Waals surface area contributed by atoms with Crippen molar-refractivity contribution in [2.45, 2.75) is 6.92 Å². The van der Waals surface area contributed by atoms with Gasteiger partial charge in [-0.2, -0.15) is 0 Å². The van der Waals surface area contributed by atoms with Crippen LogP contribution in [0.3, 0.4) is 0 Å². The van der Waals surface area contributed by atoms with Gasteiger partial charge in [-0.3, -0.25) is 0 Å². The minimum absolute atomic E-state index is 0. The van der Waals surface area contributed by atoms with E-state index in [-0.39, 0.29) is 63.4 Å². The van der Waals surface area contributed by atoms with E-state index in [1.807, 2.05) is 25.5 Å². The summed E-state index contributed by atoms with van der Waals surface area (Å²) in [4.78, 5) is 0. The zero-order valence-corrected chi connectivity index (χ0v) is 12.9. The Morgan fingerprint density at radius 1 is 1.20 bits per heavy atom. The average Bonchev–Trinajstić information content (AvgIpc) is 1.61. The maximum absolute atomic E-state index is 2.05. The van der Waals surface area contributed by atoms with E-state index >= 15 is 0 Å². The standard InChI is InChI=1S/C5H7.3ClH.Sb.Zr/c1-3-5-4-2;;;;;/h1,3-5H,2H3;3*1H;;/q-1;;;;;. The van der Waals surface area contributed by atoms with Crippen molar-refractivity contribution in [1.82, 2.24) is 0 Å². The number of allylic oxidation sites excluding steroid dienone is 2. The van der Waals surface area contributed by atoms with Gasteiger partial charge in [0.1, 0.15) is 0 Å². The molecule has 0 heterocycles. The van der Waals surface area contributed by atoms with Gasteiger partial charge in [0.2, 0.25) is 0 Å². The second-order valence-corrected chi connectivity index (χ2v) is 1.72.